The molecule has 110 valence electrons. The monoisotopic (exact) mass is 352 g/mol. The van der Waals surface area contributed by atoms with E-state index in [1.165, 1.54) is 19.1 Å². The fourth-order valence-corrected chi connectivity index (χ4v) is 2.10. The summed E-state index contributed by atoms with van der Waals surface area (Å²) in [6.45, 7) is -1.95. The van der Waals surface area contributed by atoms with Crippen molar-refractivity contribution in [3.63, 3.8) is 0 Å². The largest absolute Gasteiger partial charge is 0.479 e. The number of halogens is 3. The van der Waals surface area contributed by atoms with Crippen molar-refractivity contribution in [1.29, 1.82) is 0 Å². The minimum absolute atomic E-state index is 0.129. The molecule has 0 amide bonds. The van der Waals surface area contributed by atoms with Crippen molar-refractivity contribution in [1.82, 2.24) is 0 Å². The van der Waals surface area contributed by atoms with Gasteiger partial charge in [0.15, 0.2) is 6.10 Å². The third kappa shape index (κ3) is 3.73. The Morgan fingerprint density at radius 3 is 2.40 bits per heavy atom. The van der Waals surface area contributed by atoms with Gasteiger partial charge in [-0.2, -0.15) is 8.78 Å². The first-order chi connectivity index (χ1) is 9.25. The van der Waals surface area contributed by atoms with E-state index >= 15 is 0 Å². The second kappa shape index (κ2) is 6.76. The van der Waals surface area contributed by atoms with E-state index in [1.54, 1.807) is 0 Å². The molecule has 0 aromatic heterocycles. The number of hydrogen-bond acceptors (Lipinski definition) is 4. The number of ether oxygens (including phenoxy) is 1. The number of hydrogen-bond donors (Lipinski definition) is 2. The maximum absolute atomic E-state index is 12.4. The Balaban J connectivity index is 3.43. The Morgan fingerprint density at radius 2 is 1.95 bits per heavy atom. The molecule has 0 aliphatic rings. The number of Topliss-reactive ketones (excluding diaryl/α,β-unsaturated/α-hetero) is 1. The Morgan fingerprint density at radius 1 is 1.35 bits per heavy atom. The number of benzene rings is 1. The van der Waals surface area contributed by atoms with Crippen molar-refractivity contribution < 1.29 is 33.3 Å². The number of aliphatic carboxylic acids is 1. The zero-order valence-electron chi connectivity index (χ0n) is 10.2. The molecule has 2 atom stereocenters. The molecule has 0 bridgehead atoms. The molecule has 8 heteroatoms. The number of ketones is 1. The first kappa shape index (κ1) is 16.5. The van der Waals surface area contributed by atoms with Crippen LogP contribution >= 0.6 is 15.9 Å². The predicted molar refractivity (Wildman–Crippen MR) is 68.0 cm³/mol. The van der Waals surface area contributed by atoms with E-state index in [9.17, 15) is 23.5 Å². The van der Waals surface area contributed by atoms with Crippen LogP contribution in [0.5, 0.6) is 5.75 Å². The third-order valence-electron chi connectivity index (χ3n) is 2.45. The van der Waals surface area contributed by atoms with E-state index in [4.69, 9.17) is 5.11 Å². The highest BCUT2D eigenvalue weighted by Gasteiger charge is 2.28. The fraction of sp³-hybridized carbons (Fsp3) is 0.333. The van der Waals surface area contributed by atoms with E-state index in [2.05, 4.69) is 20.7 Å². The lowest BCUT2D eigenvalue weighted by Gasteiger charge is -2.19. The summed E-state index contributed by atoms with van der Waals surface area (Å²) in [5.74, 6) is -2.38. The van der Waals surface area contributed by atoms with Crippen LogP contribution in [-0.2, 0) is 9.59 Å². The van der Waals surface area contributed by atoms with Crippen LogP contribution in [0, 0.1) is 0 Å². The van der Waals surface area contributed by atoms with Crippen LogP contribution in [0.3, 0.4) is 0 Å². The van der Waals surface area contributed by atoms with Crippen LogP contribution in [0.1, 0.15) is 29.0 Å². The van der Waals surface area contributed by atoms with Gasteiger partial charge in [-0.15, -0.1) is 0 Å². The van der Waals surface area contributed by atoms with Crippen LogP contribution < -0.4 is 4.74 Å². The second-order valence-electron chi connectivity index (χ2n) is 3.85. The summed E-state index contributed by atoms with van der Waals surface area (Å²) in [7, 11) is 0. The van der Waals surface area contributed by atoms with Gasteiger partial charge in [-0.1, -0.05) is 28.1 Å². The van der Waals surface area contributed by atoms with Crippen molar-refractivity contribution in [3.8, 4) is 5.75 Å². The Hall–Kier alpha value is -1.54. The SMILES string of the molecule is CC(=O)C(Br)c1c(OC(F)F)cccc1C(O)C(=O)O. The highest BCUT2D eigenvalue weighted by atomic mass is 79.9. The first-order valence-electron chi connectivity index (χ1n) is 5.38. The smallest absolute Gasteiger partial charge is 0.387 e. The average Bonchev–Trinajstić information content (AvgIpc) is 2.35. The predicted octanol–water partition coefficient (Wildman–Crippen LogP) is 2.43. The van der Waals surface area contributed by atoms with Gasteiger partial charge in [-0.25, -0.2) is 4.79 Å². The van der Waals surface area contributed by atoms with E-state index < -0.39 is 29.3 Å². The molecule has 1 aromatic carbocycles. The maximum atomic E-state index is 12.4. The summed E-state index contributed by atoms with van der Waals surface area (Å²) in [5.41, 5.74) is -0.317. The highest BCUT2D eigenvalue weighted by molar-refractivity contribution is 9.09. The Kier molecular flexibility index (Phi) is 5.58. The topological polar surface area (TPSA) is 83.8 Å². The molecule has 0 aliphatic carbocycles. The number of rotatable bonds is 6. The van der Waals surface area contributed by atoms with E-state index in [0.717, 1.165) is 6.07 Å². The minimum atomic E-state index is -3.14. The number of carbonyl (C=O) groups excluding carboxylic acids is 1. The number of aliphatic hydroxyl groups excluding tert-OH is 1. The molecule has 2 N–H and O–H groups in total. The number of carbonyl (C=O) groups is 2. The number of alkyl halides is 3. The molecule has 0 radical (unpaired) electrons. The second-order valence-corrected chi connectivity index (χ2v) is 4.77. The quantitative estimate of drug-likeness (QED) is 0.768. The lowest BCUT2D eigenvalue weighted by Crippen LogP contribution is -2.17. The van der Waals surface area contributed by atoms with Gasteiger partial charge in [-0.3, -0.25) is 4.79 Å². The Bertz CT molecular complexity index is 521. The molecule has 0 fully saturated rings. The summed E-state index contributed by atoms with van der Waals surface area (Å²) >= 11 is 2.98. The van der Waals surface area contributed by atoms with Crippen LogP contribution in [0.4, 0.5) is 8.78 Å². The molecule has 1 aromatic rings. The van der Waals surface area contributed by atoms with Gasteiger partial charge in [0, 0.05) is 11.1 Å². The molecule has 0 saturated heterocycles. The summed E-state index contributed by atoms with van der Waals surface area (Å²) < 4.78 is 29.0. The summed E-state index contributed by atoms with van der Waals surface area (Å²) in [6, 6.07) is 3.64. The molecular formula is C12H11BrF2O5. The zero-order chi connectivity index (χ0) is 15.4. The zero-order valence-corrected chi connectivity index (χ0v) is 11.8. The number of carboxylic acids is 1. The van der Waals surface area contributed by atoms with E-state index in [0.29, 0.717) is 0 Å². The maximum Gasteiger partial charge on any atom is 0.387 e. The van der Waals surface area contributed by atoms with E-state index in [1.807, 2.05) is 0 Å². The van der Waals surface area contributed by atoms with Gasteiger partial charge in [0.1, 0.15) is 16.4 Å². The van der Waals surface area contributed by atoms with Gasteiger partial charge >= 0.3 is 12.6 Å². The van der Waals surface area contributed by atoms with Gasteiger partial charge in [0.25, 0.3) is 0 Å². The summed E-state index contributed by atoms with van der Waals surface area (Å²) in [4.78, 5) is 21.2. The molecule has 0 spiro atoms. The molecular weight excluding hydrogens is 342 g/mol. The standard InChI is InChI=1S/C12H11BrF2O5/c1-5(16)9(13)8-6(10(17)11(18)19)3-2-4-7(8)20-12(14)15/h2-4,9-10,12,17H,1H3,(H,18,19). The summed E-state index contributed by atoms with van der Waals surface area (Å²) in [6.07, 6.45) is -1.95. The van der Waals surface area contributed by atoms with Gasteiger partial charge < -0.3 is 14.9 Å². The van der Waals surface area contributed by atoms with Crippen LogP contribution in [0.25, 0.3) is 0 Å². The van der Waals surface area contributed by atoms with Crippen molar-refractivity contribution in [3.05, 3.63) is 29.3 Å². The van der Waals surface area contributed by atoms with Gasteiger partial charge in [0.05, 0.1) is 0 Å². The van der Waals surface area contributed by atoms with Crippen molar-refractivity contribution in [2.75, 3.05) is 0 Å². The van der Waals surface area contributed by atoms with Crippen LogP contribution in [0.2, 0.25) is 0 Å². The number of carboxylic acid groups (broad SMARTS) is 1. The van der Waals surface area contributed by atoms with Gasteiger partial charge in [0.2, 0.25) is 0 Å². The average molecular weight is 353 g/mol. The molecule has 20 heavy (non-hydrogen) atoms. The molecule has 0 aliphatic heterocycles. The van der Waals surface area contributed by atoms with Gasteiger partial charge in [-0.05, 0) is 13.0 Å². The first-order valence-corrected chi connectivity index (χ1v) is 6.30. The lowest BCUT2D eigenvalue weighted by atomic mass is 9.97. The third-order valence-corrected chi connectivity index (χ3v) is 3.56. The molecule has 5 nitrogen and oxygen atoms in total. The van der Waals surface area contributed by atoms with Crippen LogP contribution in [0.15, 0.2) is 18.2 Å². The molecule has 2 unspecified atom stereocenters. The van der Waals surface area contributed by atoms with Crippen molar-refractivity contribution >= 4 is 27.7 Å². The molecule has 0 heterocycles. The summed E-state index contributed by atoms with van der Waals surface area (Å²) in [5, 5.41) is 18.4. The highest BCUT2D eigenvalue weighted by Crippen LogP contribution is 2.38. The minimum Gasteiger partial charge on any atom is -0.479 e. The van der Waals surface area contributed by atoms with E-state index in [-0.39, 0.29) is 16.9 Å². The van der Waals surface area contributed by atoms with Crippen molar-refractivity contribution in [2.24, 2.45) is 0 Å². The molecule has 1 rings (SSSR count). The molecule has 0 saturated carbocycles. The lowest BCUT2D eigenvalue weighted by molar-refractivity contribution is -0.147. The fourth-order valence-electron chi connectivity index (χ4n) is 1.61. The van der Waals surface area contributed by atoms with Crippen molar-refractivity contribution in [2.45, 2.75) is 24.5 Å². The Labute approximate surface area is 121 Å². The van der Waals surface area contributed by atoms with Crippen LogP contribution in [-0.4, -0.2) is 28.6 Å². The normalized spacial score (nSPS) is 13.9. The number of aliphatic hydroxyl groups is 1.